The van der Waals surface area contributed by atoms with Crippen LogP contribution in [0.3, 0.4) is 0 Å². The zero-order valence-corrected chi connectivity index (χ0v) is 22.8. The van der Waals surface area contributed by atoms with Crippen LogP contribution in [-0.4, -0.2) is 18.4 Å². The third kappa shape index (κ3) is 3.06. The van der Waals surface area contributed by atoms with Gasteiger partial charge in [-0.3, -0.25) is 4.79 Å². The first kappa shape index (κ1) is 24.6. The Morgan fingerprint density at radius 3 is 2.35 bits per heavy atom. The Balaban J connectivity index is 1.52. The summed E-state index contributed by atoms with van der Waals surface area (Å²) in [5.41, 5.74) is 3.96. The van der Waals surface area contributed by atoms with Crippen LogP contribution in [0.15, 0.2) is 11.1 Å². The van der Waals surface area contributed by atoms with E-state index in [4.69, 9.17) is 4.74 Å². The second-order valence-corrected chi connectivity index (χ2v) is 14.1. The van der Waals surface area contributed by atoms with E-state index in [9.17, 15) is 9.59 Å². The number of fused-ring (bicyclic) bond motifs is 7. The van der Waals surface area contributed by atoms with Crippen molar-refractivity contribution in [2.24, 2.45) is 51.2 Å². The maximum absolute atomic E-state index is 12.6. The molecule has 0 radical (unpaired) electrons. The molecule has 3 nitrogen and oxygen atoms in total. The third-order valence-corrected chi connectivity index (χ3v) is 12.8. The first-order valence-corrected chi connectivity index (χ1v) is 14.3. The Kier molecular flexibility index (Phi) is 5.74. The van der Waals surface area contributed by atoms with Crippen molar-refractivity contribution in [2.45, 2.75) is 119 Å². The van der Waals surface area contributed by atoms with E-state index in [1.165, 1.54) is 44.8 Å². The number of esters is 1. The summed E-state index contributed by atoms with van der Waals surface area (Å²) in [7, 11) is 0. The fourth-order valence-corrected chi connectivity index (χ4v) is 10.9. The van der Waals surface area contributed by atoms with Gasteiger partial charge in [-0.15, -0.1) is 0 Å². The SMILES string of the molecule is CC(=O)OC1CCC2(C)C(CCC3(C)C2CCC2C4=C(C(C)C)CCC4(C=O)CCC23C)C1C. The first-order valence-electron chi connectivity index (χ1n) is 14.3. The molecule has 4 fully saturated rings. The molecule has 5 aliphatic rings. The fourth-order valence-electron chi connectivity index (χ4n) is 10.9. The average Bonchev–Trinajstić information content (AvgIpc) is 3.17. The van der Waals surface area contributed by atoms with Crippen molar-refractivity contribution in [3.05, 3.63) is 11.1 Å². The van der Waals surface area contributed by atoms with E-state index in [-0.39, 0.29) is 22.9 Å². The number of rotatable bonds is 3. The third-order valence-electron chi connectivity index (χ3n) is 12.8. The molecule has 34 heavy (non-hydrogen) atoms. The Morgan fingerprint density at radius 1 is 0.971 bits per heavy atom. The van der Waals surface area contributed by atoms with Gasteiger partial charge in [0, 0.05) is 12.3 Å². The molecular weight excluding hydrogens is 420 g/mol. The van der Waals surface area contributed by atoms with Crippen molar-refractivity contribution in [3.8, 4) is 0 Å². The predicted octanol–water partition coefficient (Wildman–Crippen LogP) is 7.53. The highest BCUT2D eigenvalue weighted by molar-refractivity contribution is 5.69. The number of allylic oxidation sites excluding steroid dienone is 2. The van der Waals surface area contributed by atoms with Gasteiger partial charge in [0.1, 0.15) is 12.4 Å². The number of hydrogen-bond acceptors (Lipinski definition) is 3. The molecule has 9 unspecified atom stereocenters. The number of carbonyl (C=O) groups is 2. The van der Waals surface area contributed by atoms with Crippen molar-refractivity contribution >= 4 is 12.3 Å². The molecule has 9 atom stereocenters. The van der Waals surface area contributed by atoms with E-state index in [1.54, 1.807) is 18.1 Å². The van der Waals surface area contributed by atoms with Gasteiger partial charge < -0.3 is 9.53 Å². The molecule has 0 saturated heterocycles. The van der Waals surface area contributed by atoms with Crippen LogP contribution < -0.4 is 0 Å². The quantitative estimate of drug-likeness (QED) is 0.244. The highest BCUT2D eigenvalue weighted by Gasteiger charge is 2.68. The van der Waals surface area contributed by atoms with Gasteiger partial charge in [-0.2, -0.15) is 0 Å². The van der Waals surface area contributed by atoms with E-state index in [1.807, 2.05) is 0 Å². The van der Waals surface area contributed by atoms with Gasteiger partial charge in [0.2, 0.25) is 0 Å². The number of hydrogen-bond donors (Lipinski definition) is 0. The second kappa shape index (κ2) is 7.94. The van der Waals surface area contributed by atoms with E-state index in [0.29, 0.717) is 40.4 Å². The summed E-state index contributed by atoms with van der Waals surface area (Å²) in [6.07, 6.45) is 13.2. The fraction of sp³-hybridized carbons (Fsp3) is 0.871. The van der Waals surface area contributed by atoms with Gasteiger partial charge in [0.25, 0.3) is 0 Å². The standard InChI is InChI=1S/C31H48O3/c1-19(2)22-10-15-31(18-32)17-16-29(6)24(27(22)31)8-9-26-28(5)13-12-25(34-21(4)33)20(3)23(28)11-14-30(26,29)7/h18-20,23-26H,8-17H2,1-7H3. The highest BCUT2D eigenvalue weighted by Crippen LogP contribution is 2.75. The van der Waals surface area contributed by atoms with E-state index in [2.05, 4.69) is 41.5 Å². The van der Waals surface area contributed by atoms with Crippen molar-refractivity contribution in [2.75, 3.05) is 0 Å². The summed E-state index contributed by atoms with van der Waals surface area (Å²) >= 11 is 0. The van der Waals surface area contributed by atoms with Crippen LogP contribution in [0.5, 0.6) is 0 Å². The van der Waals surface area contributed by atoms with Gasteiger partial charge in [-0.05, 0) is 110 Å². The normalized spacial score (nSPS) is 50.2. The lowest BCUT2D eigenvalue weighted by Crippen LogP contribution is -2.64. The molecule has 5 rings (SSSR count). The second-order valence-electron chi connectivity index (χ2n) is 14.1. The van der Waals surface area contributed by atoms with Crippen LogP contribution in [0.25, 0.3) is 0 Å². The Labute approximate surface area is 207 Å². The van der Waals surface area contributed by atoms with E-state index < -0.39 is 0 Å². The maximum Gasteiger partial charge on any atom is 0.302 e. The van der Waals surface area contributed by atoms with Crippen molar-refractivity contribution in [1.29, 1.82) is 0 Å². The highest BCUT2D eigenvalue weighted by atomic mass is 16.5. The molecular formula is C31H48O3. The monoisotopic (exact) mass is 468 g/mol. The minimum Gasteiger partial charge on any atom is -0.462 e. The van der Waals surface area contributed by atoms with E-state index in [0.717, 1.165) is 25.7 Å². The molecule has 190 valence electrons. The number of ether oxygens (including phenoxy) is 1. The summed E-state index contributed by atoms with van der Waals surface area (Å²) in [6.45, 7) is 16.5. The summed E-state index contributed by atoms with van der Waals surface area (Å²) in [6, 6.07) is 0. The van der Waals surface area contributed by atoms with E-state index >= 15 is 0 Å². The van der Waals surface area contributed by atoms with Crippen LogP contribution in [-0.2, 0) is 14.3 Å². The van der Waals surface area contributed by atoms with Crippen molar-refractivity contribution in [1.82, 2.24) is 0 Å². The predicted molar refractivity (Wildman–Crippen MR) is 136 cm³/mol. The first-order chi connectivity index (χ1) is 15.9. The lowest BCUT2D eigenvalue weighted by Gasteiger charge is -2.71. The molecule has 0 spiro atoms. The average molecular weight is 469 g/mol. The molecule has 3 heteroatoms. The van der Waals surface area contributed by atoms with Crippen molar-refractivity contribution in [3.63, 3.8) is 0 Å². The lowest BCUT2D eigenvalue weighted by atomic mass is 9.34. The molecule has 0 aromatic rings. The van der Waals surface area contributed by atoms with Crippen LogP contribution in [0.2, 0.25) is 0 Å². The van der Waals surface area contributed by atoms with Crippen molar-refractivity contribution < 1.29 is 14.3 Å². The summed E-state index contributed by atoms with van der Waals surface area (Å²) in [5, 5.41) is 0. The molecule has 0 aromatic carbocycles. The summed E-state index contributed by atoms with van der Waals surface area (Å²) in [5.74, 6) is 2.79. The summed E-state index contributed by atoms with van der Waals surface area (Å²) < 4.78 is 5.79. The molecule has 0 aliphatic heterocycles. The van der Waals surface area contributed by atoms with Crippen LogP contribution in [0.1, 0.15) is 113 Å². The Morgan fingerprint density at radius 2 is 1.71 bits per heavy atom. The maximum atomic E-state index is 12.6. The molecule has 0 heterocycles. The van der Waals surface area contributed by atoms with Gasteiger partial charge in [-0.25, -0.2) is 0 Å². The van der Waals surface area contributed by atoms with Gasteiger partial charge in [-0.1, -0.05) is 52.7 Å². The van der Waals surface area contributed by atoms with Gasteiger partial charge in [0.15, 0.2) is 0 Å². The summed E-state index contributed by atoms with van der Waals surface area (Å²) in [4.78, 5) is 24.3. The zero-order valence-electron chi connectivity index (χ0n) is 22.8. The zero-order chi connectivity index (χ0) is 24.7. The molecule has 5 aliphatic carbocycles. The van der Waals surface area contributed by atoms with Crippen LogP contribution in [0, 0.1) is 51.2 Å². The largest absolute Gasteiger partial charge is 0.462 e. The molecule has 0 N–H and O–H groups in total. The number of carbonyl (C=O) groups excluding carboxylic acids is 2. The molecule has 0 amide bonds. The Hall–Kier alpha value is -1.12. The van der Waals surface area contributed by atoms with Gasteiger partial charge >= 0.3 is 5.97 Å². The minimum absolute atomic E-state index is 0.0898. The molecule has 0 bridgehead atoms. The topological polar surface area (TPSA) is 43.4 Å². The lowest BCUT2D eigenvalue weighted by molar-refractivity contribution is -0.214. The van der Waals surface area contributed by atoms with Crippen LogP contribution >= 0.6 is 0 Å². The molecule has 0 aromatic heterocycles. The number of aldehydes is 1. The van der Waals surface area contributed by atoms with Crippen LogP contribution in [0.4, 0.5) is 0 Å². The minimum atomic E-state index is -0.162. The smallest absolute Gasteiger partial charge is 0.302 e. The Bertz CT molecular complexity index is 902. The molecule has 4 saturated carbocycles. The van der Waals surface area contributed by atoms with Gasteiger partial charge in [0.05, 0.1) is 0 Å².